The molecule has 6 nitrogen and oxygen atoms in total. The average molecular weight is 515 g/mol. The van der Waals surface area contributed by atoms with Crippen LogP contribution in [0.25, 0.3) is 0 Å². The summed E-state index contributed by atoms with van der Waals surface area (Å²) in [6, 6.07) is 20.2. The van der Waals surface area contributed by atoms with Gasteiger partial charge in [0.25, 0.3) is 0 Å². The smallest absolute Gasteiger partial charge is 0.186 e. The number of rotatable bonds is 9. The van der Waals surface area contributed by atoms with Gasteiger partial charge in [0.1, 0.15) is 11.2 Å². The van der Waals surface area contributed by atoms with E-state index >= 15 is 0 Å². The molecular formula is C31H46O6. The number of hydrogen-bond donors (Lipinski definition) is 1. The maximum atomic E-state index is 10.1. The Kier molecular flexibility index (Phi) is 10.7. The predicted molar refractivity (Wildman–Crippen MR) is 145 cm³/mol. The minimum atomic E-state index is -0.846. The lowest BCUT2D eigenvalue weighted by Crippen LogP contribution is -2.44. The molecule has 1 unspecified atom stereocenters. The molecule has 0 aromatic heterocycles. The topological polar surface area (TPSA) is 66.4 Å². The standard InChI is InChI=1S/C16H24O3.C15H22O3/c1-5-14-12(2)16(3,15(17-4)19-14)18-11-13-9-7-6-8-10-13;1-4-13-11(2)15(3,14(16)18-13)17-10-12-8-6-5-7-9-12/h6-10,12,14-15H,5,11H2,1-4H3;5-9,11,13-14,16H,4,10H2,1-3H3/t12-,14-,15+,16-;11-,13-,14?,15-/m11/s1. The van der Waals surface area contributed by atoms with E-state index in [0.29, 0.717) is 19.1 Å². The fourth-order valence-electron chi connectivity index (χ4n) is 5.23. The zero-order chi connectivity index (χ0) is 27.1. The Hall–Kier alpha value is -1.80. The van der Waals surface area contributed by atoms with E-state index < -0.39 is 17.5 Å². The summed E-state index contributed by atoms with van der Waals surface area (Å²) in [6.45, 7) is 13.6. The molecule has 1 N–H and O–H groups in total. The summed E-state index contributed by atoms with van der Waals surface area (Å²) >= 11 is 0. The normalized spacial score (nSPS) is 35.2. The second kappa shape index (κ2) is 13.3. The van der Waals surface area contributed by atoms with Crippen LogP contribution in [0.5, 0.6) is 0 Å². The Morgan fingerprint density at radius 3 is 1.59 bits per heavy atom. The molecular weight excluding hydrogens is 468 g/mol. The Bertz CT molecular complexity index is 920. The van der Waals surface area contributed by atoms with Gasteiger partial charge in [-0.05, 0) is 37.8 Å². The molecule has 0 bridgehead atoms. The van der Waals surface area contributed by atoms with E-state index in [2.05, 4.69) is 46.8 Å². The molecule has 8 atom stereocenters. The van der Waals surface area contributed by atoms with Gasteiger partial charge in [0.05, 0.1) is 25.4 Å². The quantitative estimate of drug-likeness (QED) is 0.436. The Morgan fingerprint density at radius 1 is 0.730 bits per heavy atom. The van der Waals surface area contributed by atoms with Crippen molar-refractivity contribution in [3.63, 3.8) is 0 Å². The highest BCUT2D eigenvalue weighted by Crippen LogP contribution is 2.41. The molecule has 2 aromatic rings. The van der Waals surface area contributed by atoms with Crippen molar-refractivity contribution < 1.29 is 28.8 Å². The molecule has 206 valence electrons. The Balaban J connectivity index is 0.000000206. The zero-order valence-electron chi connectivity index (χ0n) is 23.6. The second-order valence-corrected chi connectivity index (χ2v) is 10.6. The van der Waals surface area contributed by atoms with E-state index in [9.17, 15) is 5.11 Å². The number of hydrogen-bond acceptors (Lipinski definition) is 6. The lowest BCUT2D eigenvalue weighted by atomic mass is 9.87. The van der Waals surface area contributed by atoms with Crippen LogP contribution < -0.4 is 0 Å². The monoisotopic (exact) mass is 514 g/mol. The van der Waals surface area contributed by atoms with Gasteiger partial charge in [0.15, 0.2) is 12.6 Å². The first-order valence-corrected chi connectivity index (χ1v) is 13.6. The molecule has 2 aromatic carbocycles. The van der Waals surface area contributed by atoms with E-state index in [1.54, 1.807) is 7.11 Å². The summed E-state index contributed by atoms with van der Waals surface area (Å²) < 4.78 is 29.1. The molecule has 2 heterocycles. The number of methoxy groups -OCH3 is 1. The van der Waals surface area contributed by atoms with Crippen molar-refractivity contribution in [2.24, 2.45) is 11.8 Å². The molecule has 2 fully saturated rings. The van der Waals surface area contributed by atoms with E-state index in [4.69, 9.17) is 23.7 Å². The first-order chi connectivity index (χ1) is 17.7. The summed E-state index contributed by atoms with van der Waals surface area (Å²) in [5.74, 6) is 0.493. The molecule has 0 spiro atoms. The minimum absolute atomic E-state index is 0.0702. The first-order valence-electron chi connectivity index (χ1n) is 13.6. The van der Waals surface area contributed by atoms with Gasteiger partial charge in [-0.3, -0.25) is 0 Å². The molecule has 2 saturated heterocycles. The van der Waals surface area contributed by atoms with Gasteiger partial charge in [0, 0.05) is 18.9 Å². The lowest BCUT2D eigenvalue weighted by molar-refractivity contribution is -0.205. The van der Waals surface area contributed by atoms with Gasteiger partial charge in [-0.25, -0.2) is 0 Å². The number of aliphatic hydroxyl groups excluding tert-OH is 1. The number of ether oxygens (including phenoxy) is 5. The number of aliphatic hydroxyl groups is 1. The fourth-order valence-corrected chi connectivity index (χ4v) is 5.23. The van der Waals surface area contributed by atoms with Crippen LogP contribution in [0.1, 0.15) is 65.5 Å². The van der Waals surface area contributed by atoms with Gasteiger partial charge < -0.3 is 28.8 Å². The van der Waals surface area contributed by atoms with Gasteiger partial charge in [0.2, 0.25) is 0 Å². The van der Waals surface area contributed by atoms with Crippen LogP contribution in [0.15, 0.2) is 60.7 Å². The minimum Gasteiger partial charge on any atom is -0.366 e. The van der Waals surface area contributed by atoms with Crippen molar-refractivity contribution in [1.82, 2.24) is 0 Å². The SMILES string of the molecule is CC[C@H]1OC(O)[C@](C)(OCc2ccccc2)[C@@H]1C.CC[C@H]1O[C@H](OC)[C@](C)(OCc2ccccc2)[C@@H]1C. The van der Waals surface area contributed by atoms with Gasteiger partial charge >= 0.3 is 0 Å². The Labute approximate surface area is 223 Å². The third-order valence-electron chi connectivity index (χ3n) is 8.29. The van der Waals surface area contributed by atoms with Crippen LogP contribution in [-0.2, 0) is 36.9 Å². The molecule has 2 aliphatic rings. The van der Waals surface area contributed by atoms with E-state index in [-0.39, 0.29) is 24.4 Å². The fraction of sp³-hybridized carbons (Fsp3) is 0.613. The highest BCUT2D eigenvalue weighted by molar-refractivity contribution is 5.14. The molecule has 6 heteroatoms. The summed E-state index contributed by atoms with van der Waals surface area (Å²) in [5, 5.41) is 10.1. The number of benzene rings is 2. The largest absolute Gasteiger partial charge is 0.366 e. The zero-order valence-corrected chi connectivity index (χ0v) is 23.6. The van der Waals surface area contributed by atoms with Crippen LogP contribution in [0.4, 0.5) is 0 Å². The highest BCUT2D eigenvalue weighted by Gasteiger charge is 2.52. The molecule has 0 aliphatic carbocycles. The van der Waals surface area contributed by atoms with Crippen LogP contribution >= 0.6 is 0 Å². The molecule has 0 amide bonds. The third kappa shape index (κ3) is 6.80. The van der Waals surface area contributed by atoms with Crippen LogP contribution in [-0.4, -0.2) is 48.2 Å². The summed E-state index contributed by atoms with van der Waals surface area (Å²) in [6.07, 6.45) is 0.997. The summed E-state index contributed by atoms with van der Waals surface area (Å²) in [7, 11) is 1.68. The maximum Gasteiger partial charge on any atom is 0.186 e. The van der Waals surface area contributed by atoms with E-state index in [1.165, 1.54) is 5.56 Å². The van der Waals surface area contributed by atoms with Crippen molar-refractivity contribution in [1.29, 1.82) is 0 Å². The predicted octanol–water partition coefficient (Wildman–Crippen LogP) is 6.10. The summed E-state index contributed by atoms with van der Waals surface area (Å²) in [4.78, 5) is 0. The summed E-state index contributed by atoms with van der Waals surface area (Å²) in [5.41, 5.74) is 1.26. The van der Waals surface area contributed by atoms with Gasteiger partial charge in [-0.2, -0.15) is 0 Å². The van der Waals surface area contributed by atoms with E-state index in [1.807, 2.05) is 55.5 Å². The van der Waals surface area contributed by atoms with Crippen LogP contribution in [0.2, 0.25) is 0 Å². The van der Waals surface area contributed by atoms with Crippen molar-refractivity contribution in [3.8, 4) is 0 Å². The average Bonchev–Trinajstić information content (AvgIpc) is 3.31. The van der Waals surface area contributed by atoms with E-state index in [0.717, 1.165) is 18.4 Å². The van der Waals surface area contributed by atoms with Crippen molar-refractivity contribution in [2.75, 3.05) is 7.11 Å². The van der Waals surface area contributed by atoms with Crippen molar-refractivity contribution in [3.05, 3.63) is 71.8 Å². The molecule has 0 saturated carbocycles. The molecule has 0 radical (unpaired) electrons. The molecule has 4 rings (SSSR count). The second-order valence-electron chi connectivity index (χ2n) is 10.6. The Morgan fingerprint density at radius 2 is 1.16 bits per heavy atom. The van der Waals surface area contributed by atoms with Crippen molar-refractivity contribution in [2.45, 2.75) is 104 Å². The maximum absolute atomic E-state index is 10.1. The van der Waals surface area contributed by atoms with Crippen LogP contribution in [0, 0.1) is 11.8 Å². The highest BCUT2D eigenvalue weighted by atomic mass is 16.7. The lowest BCUT2D eigenvalue weighted by Gasteiger charge is -2.33. The van der Waals surface area contributed by atoms with Crippen LogP contribution in [0.3, 0.4) is 0 Å². The van der Waals surface area contributed by atoms with Gasteiger partial charge in [-0.1, -0.05) is 88.4 Å². The van der Waals surface area contributed by atoms with Crippen molar-refractivity contribution >= 4 is 0 Å². The third-order valence-corrected chi connectivity index (χ3v) is 8.29. The molecule has 37 heavy (non-hydrogen) atoms. The molecule has 2 aliphatic heterocycles. The first kappa shape index (κ1) is 29.8. The van der Waals surface area contributed by atoms with Gasteiger partial charge in [-0.15, -0.1) is 0 Å².